The molecule has 1 fully saturated rings. The molecule has 2 aromatic rings. The van der Waals surface area contributed by atoms with Crippen LogP contribution in [0.4, 0.5) is 0 Å². The smallest absolute Gasteiger partial charge is 0.162 e. The predicted molar refractivity (Wildman–Crippen MR) is 109 cm³/mol. The lowest BCUT2D eigenvalue weighted by Gasteiger charge is -2.32. The number of Topliss-reactive ketones (excluding diaryl/α,β-unsaturated/α-hetero) is 1. The fourth-order valence-corrected chi connectivity index (χ4v) is 3.97. The van der Waals surface area contributed by atoms with Crippen molar-refractivity contribution in [1.29, 1.82) is 0 Å². The van der Waals surface area contributed by atoms with Crippen LogP contribution in [0.5, 0.6) is 0 Å². The normalized spacial score (nSPS) is 15.8. The summed E-state index contributed by atoms with van der Waals surface area (Å²) in [5.74, 6) is 1.17. The monoisotopic (exact) mass is 349 g/mol. The summed E-state index contributed by atoms with van der Waals surface area (Å²) in [7, 11) is 0. The Bertz CT molecular complexity index is 644. The van der Waals surface area contributed by atoms with Crippen molar-refractivity contribution in [2.24, 2.45) is 5.92 Å². The van der Waals surface area contributed by atoms with E-state index in [1.807, 2.05) is 30.3 Å². The Morgan fingerprint density at radius 1 is 0.885 bits per heavy atom. The number of hydrogen-bond donors (Lipinski definition) is 0. The Kier molecular flexibility index (Phi) is 7.45. The molecule has 0 spiro atoms. The summed E-state index contributed by atoms with van der Waals surface area (Å²) in [6, 6.07) is 20.5. The van der Waals surface area contributed by atoms with Crippen LogP contribution in [0, 0.1) is 5.92 Å². The maximum atomic E-state index is 12.2. The van der Waals surface area contributed by atoms with Gasteiger partial charge in [0.2, 0.25) is 0 Å². The molecule has 0 radical (unpaired) electrons. The van der Waals surface area contributed by atoms with Crippen LogP contribution in [-0.2, 0) is 6.42 Å². The first-order valence-electron chi connectivity index (χ1n) is 10.2. The molecule has 0 bridgehead atoms. The first-order chi connectivity index (χ1) is 12.8. The molecule has 2 aromatic carbocycles. The van der Waals surface area contributed by atoms with Crippen molar-refractivity contribution in [3.05, 3.63) is 71.8 Å². The number of piperidine rings is 1. The van der Waals surface area contributed by atoms with Gasteiger partial charge in [-0.1, -0.05) is 67.1 Å². The van der Waals surface area contributed by atoms with Gasteiger partial charge in [-0.3, -0.25) is 4.79 Å². The van der Waals surface area contributed by atoms with Gasteiger partial charge in [0.05, 0.1) is 0 Å². The molecule has 0 N–H and O–H groups in total. The SMILES string of the molecule is O=C(CCCN1CCC(CCCc2ccccc2)CC1)c1ccccc1. The van der Waals surface area contributed by atoms with Gasteiger partial charge < -0.3 is 4.90 Å². The molecule has 138 valence electrons. The molecule has 0 unspecified atom stereocenters. The van der Waals surface area contributed by atoms with E-state index in [0.717, 1.165) is 24.4 Å². The van der Waals surface area contributed by atoms with E-state index in [0.29, 0.717) is 6.42 Å². The van der Waals surface area contributed by atoms with Crippen LogP contribution in [0.3, 0.4) is 0 Å². The van der Waals surface area contributed by atoms with E-state index >= 15 is 0 Å². The number of carbonyl (C=O) groups is 1. The van der Waals surface area contributed by atoms with Gasteiger partial charge in [0, 0.05) is 12.0 Å². The lowest BCUT2D eigenvalue weighted by molar-refractivity contribution is 0.0970. The summed E-state index contributed by atoms with van der Waals surface area (Å²) in [5.41, 5.74) is 2.32. The number of likely N-dealkylation sites (tertiary alicyclic amines) is 1. The maximum Gasteiger partial charge on any atom is 0.162 e. The first kappa shape index (κ1) is 18.8. The highest BCUT2D eigenvalue weighted by atomic mass is 16.1. The van der Waals surface area contributed by atoms with Crippen molar-refractivity contribution in [3.63, 3.8) is 0 Å². The third-order valence-electron chi connectivity index (χ3n) is 5.60. The molecule has 2 nitrogen and oxygen atoms in total. The molecular weight excluding hydrogens is 318 g/mol. The fourth-order valence-electron chi connectivity index (χ4n) is 3.97. The molecule has 26 heavy (non-hydrogen) atoms. The Morgan fingerprint density at radius 2 is 1.54 bits per heavy atom. The van der Waals surface area contributed by atoms with Crippen LogP contribution >= 0.6 is 0 Å². The van der Waals surface area contributed by atoms with Gasteiger partial charge in [-0.2, -0.15) is 0 Å². The highest BCUT2D eigenvalue weighted by Gasteiger charge is 2.18. The van der Waals surface area contributed by atoms with Crippen LogP contribution in [-0.4, -0.2) is 30.3 Å². The number of rotatable bonds is 9. The van der Waals surface area contributed by atoms with E-state index in [2.05, 4.69) is 35.2 Å². The molecule has 3 rings (SSSR count). The molecule has 1 aliphatic heterocycles. The second-order valence-electron chi connectivity index (χ2n) is 7.56. The lowest BCUT2D eigenvalue weighted by Crippen LogP contribution is -2.34. The van der Waals surface area contributed by atoms with Crippen LogP contribution < -0.4 is 0 Å². The first-order valence-corrected chi connectivity index (χ1v) is 10.2. The molecule has 2 heteroatoms. The van der Waals surface area contributed by atoms with Crippen LogP contribution in [0.1, 0.15) is 54.4 Å². The van der Waals surface area contributed by atoms with E-state index in [1.54, 1.807) is 0 Å². The van der Waals surface area contributed by atoms with Crippen molar-refractivity contribution in [1.82, 2.24) is 4.90 Å². The summed E-state index contributed by atoms with van der Waals surface area (Å²) >= 11 is 0. The predicted octanol–water partition coefficient (Wildman–Crippen LogP) is 5.38. The second kappa shape index (κ2) is 10.3. The maximum absolute atomic E-state index is 12.2. The topological polar surface area (TPSA) is 20.3 Å². The van der Waals surface area contributed by atoms with Crippen LogP contribution in [0.2, 0.25) is 0 Å². The highest BCUT2D eigenvalue weighted by molar-refractivity contribution is 5.95. The lowest BCUT2D eigenvalue weighted by atomic mass is 9.90. The third-order valence-corrected chi connectivity index (χ3v) is 5.60. The highest BCUT2D eigenvalue weighted by Crippen LogP contribution is 2.23. The molecule has 1 saturated heterocycles. The summed E-state index contributed by atoms with van der Waals surface area (Å²) < 4.78 is 0. The zero-order chi connectivity index (χ0) is 18.0. The molecule has 0 amide bonds. The standard InChI is InChI=1S/C24H31NO/c26-24(23-13-5-2-6-14-23)15-8-18-25-19-16-22(17-20-25)12-7-11-21-9-3-1-4-10-21/h1-6,9-10,13-14,22H,7-8,11-12,15-20H2. The molecule has 1 aliphatic rings. The summed E-state index contributed by atoms with van der Waals surface area (Å²) in [6.07, 6.45) is 8.16. The van der Waals surface area contributed by atoms with Crippen molar-refractivity contribution >= 4 is 5.78 Å². The Labute approximate surface area is 158 Å². The number of hydrogen-bond acceptors (Lipinski definition) is 2. The zero-order valence-corrected chi connectivity index (χ0v) is 15.8. The van der Waals surface area contributed by atoms with Gasteiger partial charge in [0.25, 0.3) is 0 Å². The van der Waals surface area contributed by atoms with Gasteiger partial charge in [0.1, 0.15) is 0 Å². The molecule has 0 aromatic heterocycles. The van der Waals surface area contributed by atoms with Gasteiger partial charge in [0.15, 0.2) is 5.78 Å². The summed E-state index contributed by atoms with van der Waals surface area (Å²) in [4.78, 5) is 14.7. The molecule has 0 atom stereocenters. The average molecular weight is 350 g/mol. The molecule has 1 heterocycles. The average Bonchev–Trinajstić information content (AvgIpc) is 2.70. The van der Waals surface area contributed by atoms with Crippen molar-refractivity contribution < 1.29 is 4.79 Å². The summed E-state index contributed by atoms with van der Waals surface area (Å²) in [6.45, 7) is 3.47. The number of ketones is 1. The minimum atomic E-state index is 0.279. The fraction of sp³-hybridized carbons (Fsp3) is 0.458. The van der Waals surface area contributed by atoms with E-state index in [1.165, 1.54) is 50.8 Å². The number of benzene rings is 2. The Morgan fingerprint density at radius 3 is 2.23 bits per heavy atom. The zero-order valence-electron chi connectivity index (χ0n) is 15.8. The molecule has 0 saturated carbocycles. The molecular formula is C24H31NO. The Hall–Kier alpha value is -1.93. The van der Waals surface area contributed by atoms with Gasteiger partial charge in [-0.05, 0) is 63.2 Å². The summed E-state index contributed by atoms with van der Waals surface area (Å²) in [5, 5.41) is 0. The van der Waals surface area contributed by atoms with Crippen molar-refractivity contribution in [2.75, 3.05) is 19.6 Å². The third kappa shape index (κ3) is 6.10. The molecule has 0 aliphatic carbocycles. The number of aryl methyl sites for hydroxylation is 1. The number of nitrogens with zero attached hydrogens (tertiary/aromatic N) is 1. The van der Waals surface area contributed by atoms with Crippen LogP contribution in [0.15, 0.2) is 60.7 Å². The largest absolute Gasteiger partial charge is 0.303 e. The van der Waals surface area contributed by atoms with E-state index < -0.39 is 0 Å². The Balaban J connectivity index is 1.27. The van der Waals surface area contributed by atoms with E-state index in [9.17, 15) is 4.79 Å². The van der Waals surface area contributed by atoms with Gasteiger partial charge in [-0.25, -0.2) is 0 Å². The number of carbonyl (C=O) groups excluding carboxylic acids is 1. The van der Waals surface area contributed by atoms with E-state index in [4.69, 9.17) is 0 Å². The minimum Gasteiger partial charge on any atom is -0.303 e. The minimum absolute atomic E-state index is 0.279. The van der Waals surface area contributed by atoms with Gasteiger partial charge >= 0.3 is 0 Å². The quantitative estimate of drug-likeness (QED) is 0.566. The second-order valence-corrected chi connectivity index (χ2v) is 7.56. The van der Waals surface area contributed by atoms with Crippen molar-refractivity contribution in [3.8, 4) is 0 Å². The van der Waals surface area contributed by atoms with Crippen molar-refractivity contribution in [2.45, 2.75) is 44.9 Å². The van der Waals surface area contributed by atoms with Crippen LogP contribution in [0.25, 0.3) is 0 Å². The van der Waals surface area contributed by atoms with E-state index in [-0.39, 0.29) is 5.78 Å². The van der Waals surface area contributed by atoms with Gasteiger partial charge in [-0.15, -0.1) is 0 Å².